The Morgan fingerprint density at radius 1 is 1.40 bits per heavy atom. The quantitative estimate of drug-likeness (QED) is 0.541. The number of rotatable bonds is 6. The van der Waals surface area contributed by atoms with Crippen molar-refractivity contribution in [1.82, 2.24) is 0 Å². The Labute approximate surface area is 92.7 Å². The van der Waals surface area contributed by atoms with Crippen LogP contribution in [0.1, 0.15) is 33.6 Å². The molecular weight excluding hydrogens is 188 g/mol. The highest BCUT2D eigenvalue weighted by Gasteiger charge is 2.10. The van der Waals surface area contributed by atoms with Gasteiger partial charge >= 0.3 is 0 Å². The maximum Gasteiger partial charge on any atom is 0.108 e. The van der Waals surface area contributed by atoms with E-state index in [0.717, 1.165) is 17.9 Å². The number of allylic oxidation sites excluding steroid dienone is 2. The second-order valence-electron chi connectivity index (χ2n) is 3.21. The first-order chi connectivity index (χ1) is 7.19. The molecule has 0 amide bonds. The molecule has 1 atom stereocenters. The zero-order valence-electron chi connectivity index (χ0n) is 10.2. The summed E-state index contributed by atoms with van der Waals surface area (Å²) in [4.78, 5) is 4.32. The normalized spacial score (nSPS) is 15.8. The van der Waals surface area contributed by atoms with E-state index in [4.69, 9.17) is 10.5 Å². The summed E-state index contributed by atoms with van der Waals surface area (Å²) in [6.07, 6.45) is 7.41. The minimum absolute atomic E-state index is 0.111. The van der Waals surface area contributed by atoms with Crippen LogP contribution in [0, 0.1) is 0 Å². The Morgan fingerprint density at radius 2 is 2.07 bits per heavy atom. The summed E-state index contributed by atoms with van der Waals surface area (Å²) in [6.45, 7) is 5.95. The molecule has 0 aliphatic heterocycles. The molecule has 0 heterocycles. The van der Waals surface area contributed by atoms with Gasteiger partial charge in [-0.1, -0.05) is 13.0 Å². The number of nitrogens with two attached hydrogens (primary N) is 1. The van der Waals surface area contributed by atoms with Crippen molar-refractivity contribution >= 4 is 6.21 Å². The van der Waals surface area contributed by atoms with E-state index in [-0.39, 0.29) is 6.04 Å². The maximum atomic E-state index is 5.98. The van der Waals surface area contributed by atoms with Crippen molar-refractivity contribution in [1.29, 1.82) is 0 Å². The summed E-state index contributed by atoms with van der Waals surface area (Å²) in [6, 6.07) is -0.111. The first kappa shape index (κ1) is 13.9. The molecular formula is C12H22N2O. The van der Waals surface area contributed by atoms with Crippen LogP contribution in [-0.2, 0) is 4.74 Å². The molecule has 15 heavy (non-hydrogen) atoms. The number of aliphatic imine (C=N–C) groups is 1. The molecule has 0 rings (SSSR count). The molecule has 0 spiro atoms. The van der Waals surface area contributed by atoms with Crippen LogP contribution in [0.5, 0.6) is 0 Å². The molecule has 0 radical (unpaired) electrons. The third kappa shape index (κ3) is 5.37. The van der Waals surface area contributed by atoms with Gasteiger partial charge in [-0.05, 0) is 26.3 Å². The summed E-state index contributed by atoms with van der Waals surface area (Å²) in [5, 5.41) is 0. The highest BCUT2D eigenvalue weighted by Crippen LogP contribution is 2.12. The topological polar surface area (TPSA) is 47.6 Å². The number of hydrogen-bond acceptors (Lipinski definition) is 3. The fourth-order valence-electron chi connectivity index (χ4n) is 1.26. The summed E-state index contributed by atoms with van der Waals surface area (Å²) in [5.74, 6) is 0.807. The number of ether oxygens (including phenoxy) is 1. The van der Waals surface area contributed by atoms with Gasteiger partial charge in [0.15, 0.2) is 0 Å². The van der Waals surface area contributed by atoms with E-state index in [2.05, 4.69) is 11.9 Å². The van der Waals surface area contributed by atoms with E-state index >= 15 is 0 Å². The average Bonchev–Trinajstić information content (AvgIpc) is 2.25. The molecule has 2 N–H and O–H groups in total. The molecule has 0 saturated carbocycles. The lowest BCUT2D eigenvalue weighted by molar-refractivity contribution is 0.263. The maximum absolute atomic E-state index is 5.98. The van der Waals surface area contributed by atoms with Crippen LogP contribution in [-0.4, -0.2) is 19.4 Å². The molecule has 0 bridgehead atoms. The van der Waals surface area contributed by atoms with Gasteiger partial charge < -0.3 is 10.5 Å². The van der Waals surface area contributed by atoms with Crippen molar-refractivity contribution in [3.8, 4) is 0 Å². The monoisotopic (exact) mass is 210 g/mol. The summed E-state index contributed by atoms with van der Waals surface area (Å²) >= 11 is 0. The summed E-state index contributed by atoms with van der Waals surface area (Å²) in [7, 11) is 1.64. The van der Waals surface area contributed by atoms with Crippen molar-refractivity contribution in [3.05, 3.63) is 23.6 Å². The van der Waals surface area contributed by atoms with Crippen LogP contribution in [0.2, 0.25) is 0 Å². The molecule has 86 valence electrons. The third-order valence-corrected chi connectivity index (χ3v) is 2.09. The lowest BCUT2D eigenvalue weighted by atomic mass is 10.1. The second kappa shape index (κ2) is 8.24. The van der Waals surface area contributed by atoms with Crippen LogP contribution in [0.3, 0.4) is 0 Å². The second-order valence-corrected chi connectivity index (χ2v) is 3.21. The van der Waals surface area contributed by atoms with Gasteiger partial charge in [-0.2, -0.15) is 0 Å². The SMILES string of the molecule is C/C=C(CC(N)/C(=C/C)OC)\N=C/CC. The van der Waals surface area contributed by atoms with E-state index in [1.165, 1.54) is 0 Å². The first-order valence-electron chi connectivity index (χ1n) is 5.33. The smallest absolute Gasteiger partial charge is 0.108 e. The minimum atomic E-state index is -0.111. The largest absolute Gasteiger partial charge is 0.500 e. The number of methoxy groups -OCH3 is 1. The number of hydrogen-bond donors (Lipinski definition) is 1. The predicted molar refractivity (Wildman–Crippen MR) is 65.9 cm³/mol. The molecule has 0 aliphatic carbocycles. The van der Waals surface area contributed by atoms with Crippen LogP contribution >= 0.6 is 0 Å². The molecule has 0 saturated heterocycles. The molecule has 0 aromatic carbocycles. The molecule has 0 aliphatic rings. The van der Waals surface area contributed by atoms with Gasteiger partial charge in [0.25, 0.3) is 0 Å². The van der Waals surface area contributed by atoms with E-state index < -0.39 is 0 Å². The fraction of sp³-hybridized carbons (Fsp3) is 0.583. The van der Waals surface area contributed by atoms with Crippen molar-refractivity contribution < 1.29 is 4.74 Å². The van der Waals surface area contributed by atoms with Crippen LogP contribution in [0.4, 0.5) is 0 Å². The van der Waals surface area contributed by atoms with Gasteiger partial charge in [-0.25, -0.2) is 0 Å². The van der Waals surface area contributed by atoms with Gasteiger partial charge in [0.2, 0.25) is 0 Å². The molecule has 0 aromatic rings. The fourth-order valence-corrected chi connectivity index (χ4v) is 1.26. The van der Waals surface area contributed by atoms with Crippen molar-refractivity contribution in [3.63, 3.8) is 0 Å². The zero-order valence-corrected chi connectivity index (χ0v) is 10.2. The Morgan fingerprint density at radius 3 is 2.47 bits per heavy atom. The first-order valence-corrected chi connectivity index (χ1v) is 5.33. The zero-order chi connectivity index (χ0) is 11.7. The van der Waals surface area contributed by atoms with Gasteiger partial charge in [0, 0.05) is 18.3 Å². The summed E-state index contributed by atoms with van der Waals surface area (Å²) in [5.41, 5.74) is 6.98. The van der Waals surface area contributed by atoms with Crippen molar-refractivity contribution in [2.75, 3.05) is 7.11 Å². The van der Waals surface area contributed by atoms with Crippen molar-refractivity contribution in [2.24, 2.45) is 10.7 Å². The van der Waals surface area contributed by atoms with E-state index in [1.807, 2.05) is 32.2 Å². The number of nitrogens with zero attached hydrogens (tertiary/aromatic N) is 1. The molecule has 3 heteroatoms. The summed E-state index contributed by atoms with van der Waals surface area (Å²) < 4.78 is 5.17. The molecule has 1 unspecified atom stereocenters. The van der Waals surface area contributed by atoms with Gasteiger partial charge in [0.05, 0.1) is 13.2 Å². The van der Waals surface area contributed by atoms with E-state index in [1.54, 1.807) is 7.11 Å². The standard InChI is InChI=1S/C12H22N2O/c1-5-8-14-10(6-2)9-11(13)12(7-3)15-4/h6-8,11H,5,9,13H2,1-4H3/b10-6-,12-7-,14-8-. The molecule has 0 aromatic heterocycles. The van der Waals surface area contributed by atoms with Crippen LogP contribution < -0.4 is 5.73 Å². The van der Waals surface area contributed by atoms with Crippen LogP contribution in [0.25, 0.3) is 0 Å². The predicted octanol–water partition coefficient (Wildman–Crippen LogP) is 2.64. The van der Waals surface area contributed by atoms with E-state index in [0.29, 0.717) is 6.42 Å². The Balaban J connectivity index is 4.37. The molecule has 0 fully saturated rings. The Kier molecular flexibility index (Phi) is 7.64. The minimum Gasteiger partial charge on any atom is -0.500 e. The average molecular weight is 210 g/mol. The highest BCUT2D eigenvalue weighted by molar-refractivity contribution is 5.58. The van der Waals surface area contributed by atoms with Gasteiger partial charge in [-0.15, -0.1) is 0 Å². The Bertz CT molecular complexity index is 254. The lowest BCUT2D eigenvalue weighted by Crippen LogP contribution is -2.24. The van der Waals surface area contributed by atoms with Gasteiger partial charge in [0.1, 0.15) is 5.76 Å². The highest BCUT2D eigenvalue weighted by atomic mass is 16.5. The Hall–Kier alpha value is -1.09. The lowest BCUT2D eigenvalue weighted by Gasteiger charge is -2.14. The van der Waals surface area contributed by atoms with Gasteiger partial charge in [-0.3, -0.25) is 4.99 Å². The van der Waals surface area contributed by atoms with Crippen LogP contribution in [0.15, 0.2) is 28.6 Å². The van der Waals surface area contributed by atoms with E-state index in [9.17, 15) is 0 Å². The molecule has 3 nitrogen and oxygen atoms in total. The third-order valence-electron chi connectivity index (χ3n) is 2.09. The van der Waals surface area contributed by atoms with Crippen molar-refractivity contribution in [2.45, 2.75) is 39.7 Å².